The molecule has 1 unspecified atom stereocenters. The number of piperazine rings is 1. The topological polar surface area (TPSA) is 15.3 Å². The number of rotatable bonds is 3. The summed E-state index contributed by atoms with van der Waals surface area (Å²) in [7, 11) is 0. The van der Waals surface area contributed by atoms with Crippen molar-refractivity contribution in [2.45, 2.75) is 38.6 Å². The molecule has 1 saturated heterocycles. The molecule has 2 fully saturated rings. The number of hydrogen-bond acceptors (Lipinski definition) is 2. The summed E-state index contributed by atoms with van der Waals surface area (Å²) in [6.45, 7) is 8.02. The molecule has 1 atom stereocenters. The minimum atomic E-state index is 0.316. The molecule has 3 rings (SSSR count). The Kier molecular flexibility index (Phi) is 3.61. The standard InChI is InChI=1S/C16H23BrN2/c1-3-12-10-14(17)6-7-15(12)19-9-8-18-16(2,11-19)13-4-5-13/h6-7,10,13,18H,3-5,8-9,11H2,1-2H3. The first kappa shape index (κ1) is 13.4. The molecular weight excluding hydrogens is 300 g/mol. The third-order valence-corrected chi connectivity index (χ3v) is 5.16. The molecule has 1 saturated carbocycles. The van der Waals surface area contributed by atoms with Gasteiger partial charge in [-0.25, -0.2) is 0 Å². The fourth-order valence-corrected chi connectivity index (χ4v) is 3.76. The molecule has 0 amide bonds. The Balaban J connectivity index is 1.85. The molecule has 0 bridgehead atoms. The van der Waals surface area contributed by atoms with E-state index in [1.807, 2.05) is 0 Å². The second-order valence-electron chi connectivity index (χ2n) is 6.17. The zero-order valence-electron chi connectivity index (χ0n) is 11.9. The number of nitrogens with zero attached hydrogens (tertiary/aromatic N) is 1. The van der Waals surface area contributed by atoms with Gasteiger partial charge >= 0.3 is 0 Å². The molecule has 1 heterocycles. The minimum Gasteiger partial charge on any atom is -0.368 e. The van der Waals surface area contributed by atoms with Crippen molar-refractivity contribution in [2.24, 2.45) is 5.92 Å². The first-order valence-corrected chi connectivity index (χ1v) is 8.20. The molecule has 3 heteroatoms. The number of anilines is 1. The van der Waals surface area contributed by atoms with Crippen LogP contribution in [0, 0.1) is 5.92 Å². The zero-order valence-corrected chi connectivity index (χ0v) is 13.5. The third-order valence-electron chi connectivity index (χ3n) is 4.67. The summed E-state index contributed by atoms with van der Waals surface area (Å²) in [5, 5.41) is 3.76. The molecule has 1 aliphatic heterocycles. The molecule has 0 radical (unpaired) electrons. The van der Waals surface area contributed by atoms with Crippen LogP contribution in [0.5, 0.6) is 0 Å². The van der Waals surface area contributed by atoms with Crippen LogP contribution in [0.3, 0.4) is 0 Å². The lowest BCUT2D eigenvalue weighted by molar-refractivity contribution is 0.285. The number of halogens is 1. The summed E-state index contributed by atoms with van der Waals surface area (Å²) in [6, 6.07) is 6.72. The average Bonchev–Trinajstić information content (AvgIpc) is 3.23. The fraction of sp³-hybridized carbons (Fsp3) is 0.625. The van der Waals surface area contributed by atoms with E-state index in [4.69, 9.17) is 0 Å². The van der Waals surface area contributed by atoms with Crippen LogP contribution in [0.25, 0.3) is 0 Å². The van der Waals surface area contributed by atoms with E-state index in [2.05, 4.69) is 58.2 Å². The van der Waals surface area contributed by atoms with Crippen LogP contribution in [0.15, 0.2) is 22.7 Å². The molecule has 19 heavy (non-hydrogen) atoms. The van der Waals surface area contributed by atoms with E-state index in [9.17, 15) is 0 Å². The van der Waals surface area contributed by atoms with Gasteiger partial charge in [-0.2, -0.15) is 0 Å². The average molecular weight is 323 g/mol. The fourth-order valence-electron chi connectivity index (χ4n) is 3.35. The van der Waals surface area contributed by atoms with Crippen molar-refractivity contribution >= 4 is 21.6 Å². The highest BCUT2D eigenvalue weighted by Crippen LogP contribution is 2.41. The maximum absolute atomic E-state index is 3.76. The minimum absolute atomic E-state index is 0.316. The normalized spacial score (nSPS) is 27.6. The SMILES string of the molecule is CCc1cc(Br)ccc1N1CCNC(C)(C2CC2)C1. The second kappa shape index (κ2) is 5.10. The zero-order chi connectivity index (χ0) is 13.5. The molecule has 0 aromatic heterocycles. The van der Waals surface area contributed by atoms with Crippen molar-refractivity contribution < 1.29 is 0 Å². The Morgan fingerprint density at radius 1 is 1.42 bits per heavy atom. The largest absolute Gasteiger partial charge is 0.368 e. The molecular formula is C16H23BrN2. The maximum Gasteiger partial charge on any atom is 0.0400 e. The summed E-state index contributed by atoms with van der Waals surface area (Å²) in [6.07, 6.45) is 3.90. The monoisotopic (exact) mass is 322 g/mol. The van der Waals surface area contributed by atoms with Crippen molar-refractivity contribution in [3.8, 4) is 0 Å². The highest BCUT2D eigenvalue weighted by molar-refractivity contribution is 9.10. The van der Waals surface area contributed by atoms with Crippen molar-refractivity contribution in [2.75, 3.05) is 24.5 Å². The molecule has 2 nitrogen and oxygen atoms in total. The highest BCUT2D eigenvalue weighted by Gasteiger charge is 2.44. The van der Waals surface area contributed by atoms with Gasteiger partial charge in [0.1, 0.15) is 0 Å². The van der Waals surface area contributed by atoms with Crippen molar-refractivity contribution in [1.82, 2.24) is 5.32 Å². The maximum atomic E-state index is 3.76. The van der Waals surface area contributed by atoms with Crippen molar-refractivity contribution in [3.05, 3.63) is 28.2 Å². The van der Waals surface area contributed by atoms with Gasteiger partial charge in [0.05, 0.1) is 0 Å². The van der Waals surface area contributed by atoms with Gasteiger partial charge in [-0.3, -0.25) is 0 Å². The predicted octanol–water partition coefficient (Wildman–Crippen LogP) is 3.59. The lowest BCUT2D eigenvalue weighted by atomic mass is 9.92. The first-order valence-electron chi connectivity index (χ1n) is 7.41. The van der Waals surface area contributed by atoms with Crippen LogP contribution < -0.4 is 10.2 Å². The van der Waals surface area contributed by atoms with Crippen LogP contribution in [-0.2, 0) is 6.42 Å². The van der Waals surface area contributed by atoms with E-state index in [0.717, 1.165) is 32.0 Å². The van der Waals surface area contributed by atoms with E-state index in [0.29, 0.717) is 5.54 Å². The summed E-state index contributed by atoms with van der Waals surface area (Å²) in [5.74, 6) is 0.885. The van der Waals surface area contributed by atoms with Crippen molar-refractivity contribution in [3.63, 3.8) is 0 Å². The number of benzene rings is 1. The summed E-state index contributed by atoms with van der Waals surface area (Å²) < 4.78 is 1.19. The van der Waals surface area contributed by atoms with E-state index in [1.54, 1.807) is 0 Å². The van der Waals surface area contributed by atoms with Crippen LogP contribution in [-0.4, -0.2) is 25.2 Å². The molecule has 104 valence electrons. The lowest BCUT2D eigenvalue weighted by Crippen LogP contribution is -2.60. The van der Waals surface area contributed by atoms with E-state index in [-0.39, 0.29) is 0 Å². The summed E-state index contributed by atoms with van der Waals surface area (Å²) in [5.41, 5.74) is 3.20. The van der Waals surface area contributed by atoms with Crippen LogP contribution in [0.2, 0.25) is 0 Å². The molecule has 2 aliphatic rings. The first-order chi connectivity index (χ1) is 9.12. The Bertz CT molecular complexity index is 470. The van der Waals surface area contributed by atoms with Gasteiger partial charge in [-0.1, -0.05) is 22.9 Å². The summed E-state index contributed by atoms with van der Waals surface area (Å²) >= 11 is 3.59. The molecule has 1 aromatic carbocycles. The van der Waals surface area contributed by atoms with E-state index < -0.39 is 0 Å². The number of hydrogen-bond donors (Lipinski definition) is 1. The third kappa shape index (κ3) is 2.68. The van der Waals surface area contributed by atoms with Gasteiger partial charge in [-0.15, -0.1) is 0 Å². The van der Waals surface area contributed by atoms with E-state index >= 15 is 0 Å². The quantitative estimate of drug-likeness (QED) is 0.914. The lowest BCUT2D eigenvalue weighted by Gasteiger charge is -2.43. The van der Waals surface area contributed by atoms with Gasteiger partial charge in [0.15, 0.2) is 0 Å². The Morgan fingerprint density at radius 3 is 2.89 bits per heavy atom. The van der Waals surface area contributed by atoms with E-state index in [1.165, 1.54) is 28.6 Å². The number of nitrogens with one attached hydrogen (secondary N) is 1. The number of aryl methyl sites for hydroxylation is 1. The van der Waals surface area contributed by atoms with Gasteiger partial charge in [0.25, 0.3) is 0 Å². The predicted molar refractivity (Wildman–Crippen MR) is 84.9 cm³/mol. The second-order valence-corrected chi connectivity index (χ2v) is 7.08. The van der Waals surface area contributed by atoms with Gasteiger partial charge in [0.2, 0.25) is 0 Å². The van der Waals surface area contributed by atoms with Crippen molar-refractivity contribution in [1.29, 1.82) is 0 Å². The highest BCUT2D eigenvalue weighted by atomic mass is 79.9. The van der Waals surface area contributed by atoms with Gasteiger partial charge < -0.3 is 10.2 Å². The van der Waals surface area contributed by atoms with Crippen LogP contribution >= 0.6 is 15.9 Å². The van der Waals surface area contributed by atoms with Crippen LogP contribution in [0.1, 0.15) is 32.3 Å². The Morgan fingerprint density at radius 2 is 2.21 bits per heavy atom. The van der Waals surface area contributed by atoms with Crippen LogP contribution in [0.4, 0.5) is 5.69 Å². The van der Waals surface area contributed by atoms with Gasteiger partial charge in [-0.05, 0) is 55.9 Å². The summed E-state index contributed by atoms with van der Waals surface area (Å²) in [4.78, 5) is 2.58. The molecule has 0 spiro atoms. The Hall–Kier alpha value is -0.540. The molecule has 1 N–H and O–H groups in total. The molecule has 1 aliphatic carbocycles. The smallest absolute Gasteiger partial charge is 0.0400 e. The van der Waals surface area contributed by atoms with Gasteiger partial charge in [0, 0.05) is 35.3 Å². The molecule has 1 aromatic rings. The Labute approximate surface area is 124 Å².